The monoisotopic (exact) mass is 337 g/mol. The molecule has 0 atom stereocenters. The molecule has 0 aliphatic rings. The van der Waals surface area contributed by atoms with Gasteiger partial charge in [-0.05, 0) is 28.7 Å². The van der Waals surface area contributed by atoms with Gasteiger partial charge in [0.15, 0.2) is 0 Å². The standard InChI is InChI=1S/C7H4Cl2F2IN/c8-2-4-3(7(10)11)1-5(12)13-6(4)9/h1,7H,2H2. The van der Waals surface area contributed by atoms with Crippen LogP contribution in [0.5, 0.6) is 0 Å². The lowest BCUT2D eigenvalue weighted by molar-refractivity contribution is 0.150. The summed E-state index contributed by atoms with van der Waals surface area (Å²) in [6, 6.07) is 1.29. The van der Waals surface area contributed by atoms with Crippen molar-refractivity contribution < 1.29 is 8.78 Å². The Morgan fingerprint density at radius 2 is 2.15 bits per heavy atom. The van der Waals surface area contributed by atoms with Crippen LogP contribution in [0.15, 0.2) is 6.07 Å². The highest BCUT2D eigenvalue weighted by Gasteiger charge is 2.16. The van der Waals surface area contributed by atoms with Crippen molar-refractivity contribution in [1.29, 1.82) is 0 Å². The van der Waals surface area contributed by atoms with Gasteiger partial charge in [0, 0.05) is 11.1 Å². The van der Waals surface area contributed by atoms with E-state index in [1.807, 2.05) is 22.6 Å². The molecule has 0 bridgehead atoms. The summed E-state index contributed by atoms with van der Waals surface area (Å²) in [5.74, 6) is -0.0531. The SMILES string of the molecule is FC(F)c1cc(I)nc(Cl)c1CCl. The lowest BCUT2D eigenvalue weighted by Gasteiger charge is -2.07. The Balaban J connectivity index is 3.29. The van der Waals surface area contributed by atoms with Gasteiger partial charge in [-0.15, -0.1) is 11.6 Å². The van der Waals surface area contributed by atoms with E-state index in [1.165, 1.54) is 6.07 Å². The van der Waals surface area contributed by atoms with Gasteiger partial charge < -0.3 is 0 Å². The molecule has 13 heavy (non-hydrogen) atoms. The first-order chi connectivity index (χ1) is 6.06. The summed E-state index contributed by atoms with van der Waals surface area (Å²) in [4.78, 5) is 3.82. The van der Waals surface area contributed by atoms with Gasteiger partial charge in [-0.3, -0.25) is 0 Å². The van der Waals surface area contributed by atoms with E-state index in [2.05, 4.69) is 4.98 Å². The lowest BCUT2D eigenvalue weighted by Crippen LogP contribution is -1.97. The molecule has 0 aliphatic heterocycles. The zero-order valence-electron chi connectivity index (χ0n) is 6.20. The summed E-state index contributed by atoms with van der Waals surface area (Å²) < 4.78 is 25.3. The van der Waals surface area contributed by atoms with Crippen LogP contribution in [-0.4, -0.2) is 4.98 Å². The van der Waals surface area contributed by atoms with Crippen molar-refractivity contribution in [3.05, 3.63) is 26.0 Å². The minimum absolute atomic E-state index is 0.0530. The van der Waals surface area contributed by atoms with Crippen molar-refractivity contribution in [2.24, 2.45) is 0 Å². The number of pyridine rings is 1. The summed E-state index contributed by atoms with van der Waals surface area (Å²) in [6.07, 6.45) is -2.57. The second-order valence-corrected chi connectivity index (χ2v) is 3.97. The fraction of sp³-hybridized carbons (Fsp3) is 0.286. The topological polar surface area (TPSA) is 12.9 Å². The Kier molecular flexibility index (Phi) is 4.12. The van der Waals surface area contributed by atoms with Crippen LogP contribution in [0.3, 0.4) is 0 Å². The van der Waals surface area contributed by atoms with Gasteiger partial charge in [-0.2, -0.15) is 0 Å². The van der Waals surface area contributed by atoms with Gasteiger partial charge >= 0.3 is 0 Å². The van der Waals surface area contributed by atoms with Crippen LogP contribution in [0, 0.1) is 3.70 Å². The van der Waals surface area contributed by atoms with Crippen LogP contribution < -0.4 is 0 Å². The molecule has 1 heterocycles. The summed E-state index contributed by atoms with van der Waals surface area (Å²) in [5, 5.41) is 0.0530. The van der Waals surface area contributed by atoms with E-state index in [1.54, 1.807) is 0 Å². The van der Waals surface area contributed by atoms with E-state index in [4.69, 9.17) is 23.2 Å². The zero-order valence-corrected chi connectivity index (χ0v) is 9.87. The largest absolute Gasteiger partial charge is 0.264 e. The summed E-state index contributed by atoms with van der Waals surface area (Å²) in [5.41, 5.74) is 0.0677. The first-order valence-electron chi connectivity index (χ1n) is 3.25. The molecule has 0 aromatic carbocycles. The molecular formula is C7H4Cl2F2IN. The molecular weight excluding hydrogens is 334 g/mol. The minimum atomic E-state index is -2.57. The molecule has 0 spiro atoms. The van der Waals surface area contributed by atoms with Crippen molar-refractivity contribution in [2.45, 2.75) is 12.3 Å². The first kappa shape index (κ1) is 11.4. The van der Waals surface area contributed by atoms with E-state index in [0.29, 0.717) is 3.70 Å². The average Bonchev–Trinajstić information content (AvgIpc) is 2.02. The molecule has 1 nitrogen and oxygen atoms in total. The fourth-order valence-corrected chi connectivity index (χ4v) is 2.19. The van der Waals surface area contributed by atoms with E-state index in [-0.39, 0.29) is 22.2 Å². The molecule has 1 aromatic heterocycles. The van der Waals surface area contributed by atoms with Gasteiger partial charge in [0.05, 0.1) is 5.88 Å². The highest BCUT2D eigenvalue weighted by molar-refractivity contribution is 14.1. The fourth-order valence-electron chi connectivity index (χ4n) is 0.855. The third-order valence-corrected chi connectivity index (χ3v) is 2.58. The van der Waals surface area contributed by atoms with Crippen LogP contribution in [0.25, 0.3) is 0 Å². The summed E-state index contributed by atoms with van der Waals surface area (Å²) >= 11 is 12.9. The Morgan fingerprint density at radius 1 is 1.54 bits per heavy atom. The molecule has 1 aromatic rings. The van der Waals surface area contributed by atoms with Crippen molar-refractivity contribution in [3.63, 3.8) is 0 Å². The second kappa shape index (κ2) is 4.70. The van der Waals surface area contributed by atoms with Gasteiger partial charge in [-0.25, -0.2) is 13.8 Å². The van der Waals surface area contributed by atoms with Crippen LogP contribution in [-0.2, 0) is 5.88 Å². The normalized spacial score (nSPS) is 10.9. The summed E-state index contributed by atoms with van der Waals surface area (Å²) in [7, 11) is 0. The highest BCUT2D eigenvalue weighted by Crippen LogP contribution is 2.29. The van der Waals surface area contributed by atoms with Crippen molar-refractivity contribution in [1.82, 2.24) is 4.98 Å². The molecule has 0 saturated carbocycles. The van der Waals surface area contributed by atoms with Crippen LogP contribution >= 0.6 is 45.8 Å². The third kappa shape index (κ3) is 2.63. The maximum absolute atomic E-state index is 12.4. The van der Waals surface area contributed by atoms with Crippen molar-refractivity contribution in [3.8, 4) is 0 Å². The minimum Gasteiger partial charge on any atom is -0.230 e. The summed E-state index contributed by atoms with van der Waals surface area (Å²) in [6.45, 7) is 0. The Hall–Kier alpha value is 0.320. The van der Waals surface area contributed by atoms with Crippen LogP contribution in [0.1, 0.15) is 17.6 Å². The van der Waals surface area contributed by atoms with Gasteiger partial charge in [0.1, 0.15) is 8.85 Å². The first-order valence-corrected chi connectivity index (χ1v) is 5.24. The maximum atomic E-state index is 12.4. The number of aromatic nitrogens is 1. The van der Waals surface area contributed by atoms with Gasteiger partial charge in [-0.1, -0.05) is 11.6 Å². The van der Waals surface area contributed by atoms with Crippen molar-refractivity contribution in [2.75, 3.05) is 0 Å². The maximum Gasteiger partial charge on any atom is 0.264 e. The third-order valence-electron chi connectivity index (χ3n) is 1.45. The molecule has 0 radical (unpaired) electrons. The van der Waals surface area contributed by atoms with E-state index in [0.717, 1.165) is 0 Å². The molecule has 0 N–H and O–H groups in total. The predicted molar refractivity (Wildman–Crippen MR) is 56.5 cm³/mol. The quantitative estimate of drug-likeness (QED) is 0.451. The van der Waals surface area contributed by atoms with E-state index >= 15 is 0 Å². The second-order valence-electron chi connectivity index (χ2n) is 2.24. The average molecular weight is 338 g/mol. The predicted octanol–water partition coefficient (Wildman–Crippen LogP) is 4.02. The van der Waals surface area contributed by atoms with Crippen LogP contribution in [0.4, 0.5) is 8.78 Å². The van der Waals surface area contributed by atoms with E-state index < -0.39 is 6.43 Å². The number of alkyl halides is 3. The molecule has 0 fully saturated rings. The number of hydrogen-bond acceptors (Lipinski definition) is 1. The zero-order chi connectivity index (χ0) is 10.0. The van der Waals surface area contributed by atoms with Crippen molar-refractivity contribution >= 4 is 45.8 Å². The number of rotatable bonds is 2. The van der Waals surface area contributed by atoms with Crippen LogP contribution in [0.2, 0.25) is 5.15 Å². The molecule has 6 heteroatoms. The Bertz CT molecular complexity index is 320. The number of halogens is 5. The number of hydrogen-bond donors (Lipinski definition) is 0. The molecule has 0 unspecified atom stereocenters. The Morgan fingerprint density at radius 3 is 2.62 bits per heavy atom. The number of nitrogens with zero attached hydrogens (tertiary/aromatic N) is 1. The molecule has 0 aliphatic carbocycles. The molecule has 1 rings (SSSR count). The molecule has 72 valence electrons. The van der Waals surface area contributed by atoms with Gasteiger partial charge in [0.2, 0.25) is 0 Å². The lowest BCUT2D eigenvalue weighted by atomic mass is 10.2. The smallest absolute Gasteiger partial charge is 0.230 e. The highest BCUT2D eigenvalue weighted by atomic mass is 127. The molecule has 0 amide bonds. The van der Waals surface area contributed by atoms with Gasteiger partial charge in [0.25, 0.3) is 6.43 Å². The Labute approximate surface area is 97.6 Å². The molecule has 0 saturated heterocycles. The van der Waals surface area contributed by atoms with E-state index in [9.17, 15) is 8.78 Å².